The zero-order chi connectivity index (χ0) is 20.1. The molecule has 4 aliphatic heterocycles. The second-order valence-corrected chi connectivity index (χ2v) is 24.6. The summed E-state index contributed by atoms with van der Waals surface area (Å²) in [7, 11) is -3.48. The standard InChI is InChI=1S/C13H12NO3S.C9H18N.Sn/c1-14-11-6-5-9(7-8-15)10-3-2-4-12(13(10)11)18(14,16)17;1-4-7-10(8-5-2)9-6-3;/h2-6,15H,1,7-8H2;1-9H2;. The minimum atomic E-state index is -3.48. The predicted octanol–water partition coefficient (Wildman–Crippen LogP) is 3.37. The van der Waals surface area contributed by atoms with E-state index in [1.165, 1.54) is 52.2 Å². The first-order valence-electron chi connectivity index (χ1n) is 10.9. The number of anilines is 1. The molecule has 0 radical (unpaired) electrons. The molecule has 6 rings (SSSR count). The van der Waals surface area contributed by atoms with Gasteiger partial charge >= 0.3 is 178 Å². The van der Waals surface area contributed by atoms with Crippen LogP contribution in [0.3, 0.4) is 0 Å². The van der Waals surface area contributed by atoms with Crippen LogP contribution in [-0.2, 0) is 16.4 Å². The minimum absolute atomic E-state index is 0.0751. The average molecular weight is 521 g/mol. The molecule has 0 amide bonds. The fourth-order valence-corrected chi connectivity index (χ4v) is 24.2. The van der Waals surface area contributed by atoms with Gasteiger partial charge in [-0.2, -0.15) is 0 Å². The molecule has 3 saturated heterocycles. The molecule has 4 aliphatic rings. The summed E-state index contributed by atoms with van der Waals surface area (Å²) in [5.74, 6) is 0. The first kappa shape index (κ1) is 20.1. The molecule has 0 spiro atoms. The van der Waals surface area contributed by atoms with Crippen molar-refractivity contribution >= 4 is 44.9 Å². The summed E-state index contributed by atoms with van der Waals surface area (Å²) in [5, 5.41) is 11.3. The van der Waals surface area contributed by atoms with Crippen LogP contribution in [0.4, 0.5) is 5.69 Å². The molecule has 156 valence electrons. The van der Waals surface area contributed by atoms with Crippen molar-refractivity contribution in [2.24, 2.45) is 0 Å². The number of hydrogen-bond donors (Lipinski definition) is 1. The maximum absolute atomic E-state index is 13.6. The first-order valence-corrected chi connectivity index (χ1v) is 20.5. The molecule has 0 atom stereocenters. The van der Waals surface area contributed by atoms with Crippen LogP contribution in [0, 0.1) is 0 Å². The number of hydrogen-bond acceptors (Lipinski definition) is 4. The van der Waals surface area contributed by atoms with Gasteiger partial charge in [-0.1, -0.05) is 0 Å². The number of fused-ring (bicyclic) bond motifs is 6. The van der Waals surface area contributed by atoms with Crippen LogP contribution in [0.5, 0.6) is 0 Å². The Morgan fingerprint density at radius 1 is 0.966 bits per heavy atom. The second-order valence-electron chi connectivity index (χ2n) is 9.06. The van der Waals surface area contributed by atoms with Crippen molar-refractivity contribution in [1.29, 1.82) is 0 Å². The first-order chi connectivity index (χ1) is 14.0. The van der Waals surface area contributed by atoms with E-state index >= 15 is 0 Å². The van der Waals surface area contributed by atoms with Gasteiger partial charge in [0.1, 0.15) is 0 Å². The van der Waals surface area contributed by atoms with Crippen LogP contribution in [0.1, 0.15) is 24.8 Å². The van der Waals surface area contributed by atoms with Gasteiger partial charge in [-0.15, -0.1) is 0 Å². The van der Waals surface area contributed by atoms with Gasteiger partial charge < -0.3 is 0 Å². The molecule has 0 saturated carbocycles. The Kier molecular flexibility index (Phi) is 5.33. The van der Waals surface area contributed by atoms with E-state index in [4.69, 9.17) is 0 Å². The molecule has 7 heteroatoms. The number of nitrogens with zero attached hydrogens (tertiary/aromatic N) is 2. The summed E-state index contributed by atoms with van der Waals surface area (Å²) in [6.07, 6.45) is 4.31. The van der Waals surface area contributed by atoms with Gasteiger partial charge in [-0.05, 0) is 0 Å². The molecule has 4 heterocycles. The molecule has 29 heavy (non-hydrogen) atoms. The van der Waals surface area contributed by atoms with E-state index in [1.54, 1.807) is 6.07 Å². The van der Waals surface area contributed by atoms with Crippen LogP contribution >= 0.6 is 0 Å². The molecule has 1 N–H and O–H groups in total. The molecule has 0 aliphatic carbocycles. The number of benzene rings is 2. The van der Waals surface area contributed by atoms with Gasteiger partial charge in [0.15, 0.2) is 0 Å². The Labute approximate surface area is 177 Å². The van der Waals surface area contributed by atoms with Crippen molar-refractivity contribution in [1.82, 2.24) is 4.90 Å². The Hall–Kier alpha value is -0.831. The van der Waals surface area contributed by atoms with Crippen LogP contribution in [0.2, 0.25) is 13.3 Å². The van der Waals surface area contributed by atoms with Gasteiger partial charge in [0.25, 0.3) is 0 Å². The van der Waals surface area contributed by atoms with E-state index < -0.39 is 28.4 Å². The number of rotatable bonds is 4. The van der Waals surface area contributed by atoms with E-state index in [2.05, 4.69) is 4.90 Å². The molecular weight excluding hydrogens is 491 g/mol. The summed E-state index contributed by atoms with van der Waals surface area (Å²) in [6.45, 7) is 3.68. The molecule has 5 nitrogen and oxygen atoms in total. The Balaban J connectivity index is 1.58. The fraction of sp³-hybridized carbons (Fsp3) is 0.545. The van der Waals surface area contributed by atoms with E-state index in [1.807, 2.05) is 28.6 Å². The average Bonchev–Trinajstić information content (AvgIpc) is 2.87. The van der Waals surface area contributed by atoms with E-state index in [0.29, 0.717) is 11.3 Å². The summed E-state index contributed by atoms with van der Waals surface area (Å²) in [4.78, 5) is 3.08. The molecule has 2 aromatic rings. The van der Waals surface area contributed by atoms with Crippen molar-refractivity contribution in [2.75, 3.05) is 35.1 Å². The third-order valence-electron chi connectivity index (χ3n) is 7.31. The SMILES string of the molecule is O=S1(=O)c2cccc3c(CCO)ccc(c23)N1[CH2][Sn]12[CH2]CCN(CC[CH2]1)CC[CH2]2. The maximum atomic E-state index is 13.6. The van der Waals surface area contributed by atoms with Crippen LogP contribution in [-0.4, -0.2) is 67.6 Å². The zero-order valence-corrected chi connectivity index (χ0v) is 20.6. The van der Waals surface area contributed by atoms with E-state index in [0.717, 1.165) is 26.6 Å². The van der Waals surface area contributed by atoms with Crippen molar-refractivity contribution in [3.05, 3.63) is 35.9 Å². The van der Waals surface area contributed by atoms with Crippen molar-refractivity contribution in [3.8, 4) is 0 Å². The normalized spacial score (nSPS) is 28.3. The van der Waals surface area contributed by atoms with Gasteiger partial charge in [0.05, 0.1) is 0 Å². The third kappa shape index (κ3) is 3.40. The van der Waals surface area contributed by atoms with Gasteiger partial charge in [-0.3, -0.25) is 0 Å². The third-order valence-corrected chi connectivity index (χ3v) is 24.7. The molecule has 2 aromatic carbocycles. The molecule has 0 aromatic heterocycles. The van der Waals surface area contributed by atoms with Crippen molar-refractivity contribution < 1.29 is 13.5 Å². The van der Waals surface area contributed by atoms with E-state index in [9.17, 15) is 13.5 Å². The molecule has 2 bridgehead atoms. The zero-order valence-electron chi connectivity index (χ0n) is 16.9. The van der Waals surface area contributed by atoms with Crippen LogP contribution in [0.15, 0.2) is 35.2 Å². The molecule has 0 unspecified atom stereocenters. The summed E-state index contributed by atoms with van der Waals surface area (Å²) in [5.41, 5.74) is 1.91. The van der Waals surface area contributed by atoms with Crippen molar-refractivity contribution in [2.45, 2.75) is 43.9 Å². The summed E-state index contributed by atoms with van der Waals surface area (Å²) < 4.78 is 33.8. The molecule has 3 fully saturated rings. The molecular formula is C22H30N2O3SSn. The van der Waals surface area contributed by atoms with Crippen LogP contribution in [0.25, 0.3) is 10.8 Å². The summed E-state index contributed by atoms with van der Waals surface area (Å²) in [6, 6.07) is 9.65. The van der Waals surface area contributed by atoms with Gasteiger partial charge in [-0.25, -0.2) is 0 Å². The van der Waals surface area contributed by atoms with Gasteiger partial charge in [0.2, 0.25) is 0 Å². The summed E-state index contributed by atoms with van der Waals surface area (Å²) >= 11 is -2.59. The van der Waals surface area contributed by atoms with Gasteiger partial charge in [0, 0.05) is 0 Å². The van der Waals surface area contributed by atoms with Crippen LogP contribution < -0.4 is 4.31 Å². The fourth-order valence-electron chi connectivity index (χ4n) is 5.88. The Morgan fingerprint density at radius 3 is 2.31 bits per heavy atom. The van der Waals surface area contributed by atoms with Crippen molar-refractivity contribution in [3.63, 3.8) is 0 Å². The predicted molar refractivity (Wildman–Crippen MR) is 120 cm³/mol. The number of aliphatic hydroxyl groups is 1. The second kappa shape index (κ2) is 7.70. The topological polar surface area (TPSA) is 60.9 Å². The monoisotopic (exact) mass is 522 g/mol. The Morgan fingerprint density at radius 2 is 1.66 bits per heavy atom. The number of aliphatic hydroxyl groups excluding tert-OH is 1. The van der Waals surface area contributed by atoms with E-state index in [-0.39, 0.29) is 6.61 Å². The quantitative estimate of drug-likeness (QED) is 0.628. The Bertz CT molecular complexity index is 1010. The number of sulfonamides is 1.